The van der Waals surface area contributed by atoms with E-state index in [0.717, 1.165) is 39.3 Å². The first-order chi connectivity index (χ1) is 15.0. The summed E-state index contributed by atoms with van der Waals surface area (Å²) in [5.41, 5.74) is 3.86. The predicted octanol–water partition coefficient (Wildman–Crippen LogP) is 5.44. The molecule has 0 aliphatic rings. The molecule has 1 atom stereocenters. The number of nitrogens with one attached hydrogen (secondary N) is 1. The van der Waals surface area contributed by atoms with Crippen LogP contribution in [0, 0.1) is 13.8 Å². The Bertz CT molecular complexity index is 1170. The van der Waals surface area contributed by atoms with Gasteiger partial charge in [-0.2, -0.15) is 0 Å². The van der Waals surface area contributed by atoms with Crippen LogP contribution in [0.15, 0.2) is 71.3 Å². The van der Waals surface area contributed by atoms with Gasteiger partial charge in [0.15, 0.2) is 0 Å². The SMILES string of the molecule is Cc1noc(C)c1COc1ccc(CC(=O)NC(C)c2cccc3ccccc23)cc1. The van der Waals surface area contributed by atoms with Crippen molar-refractivity contribution >= 4 is 16.7 Å². The lowest BCUT2D eigenvalue weighted by molar-refractivity contribution is -0.121. The molecule has 4 rings (SSSR count). The normalized spacial score (nSPS) is 12.0. The zero-order chi connectivity index (χ0) is 21.8. The molecule has 3 aromatic carbocycles. The highest BCUT2D eigenvalue weighted by molar-refractivity contribution is 5.87. The zero-order valence-electron chi connectivity index (χ0n) is 18.0. The smallest absolute Gasteiger partial charge is 0.224 e. The van der Waals surface area contributed by atoms with Crippen LogP contribution in [0.2, 0.25) is 0 Å². The van der Waals surface area contributed by atoms with Gasteiger partial charge in [-0.25, -0.2) is 0 Å². The van der Waals surface area contributed by atoms with Crippen molar-refractivity contribution in [1.82, 2.24) is 10.5 Å². The second-order valence-electron chi connectivity index (χ2n) is 7.77. The highest BCUT2D eigenvalue weighted by atomic mass is 16.5. The molecular weight excluding hydrogens is 388 g/mol. The van der Waals surface area contributed by atoms with Crippen LogP contribution in [-0.4, -0.2) is 11.1 Å². The van der Waals surface area contributed by atoms with Crippen molar-refractivity contribution in [2.45, 2.75) is 39.8 Å². The number of aromatic nitrogens is 1. The average Bonchev–Trinajstić information content (AvgIpc) is 3.10. The Morgan fingerprint density at radius 1 is 1.03 bits per heavy atom. The Morgan fingerprint density at radius 2 is 1.77 bits per heavy atom. The van der Waals surface area contributed by atoms with Gasteiger partial charge in [-0.3, -0.25) is 4.79 Å². The molecule has 0 bridgehead atoms. The van der Waals surface area contributed by atoms with Crippen LogP contribution < -0.4 is 10.1 Å². The minimum Gasteiger partial charge on any atom is -0.489 e. The summed E-state index contributed by atoms with van der Waals surface area (Å²) in [5, 5.41) is 9.40. The van der Waals surface area contributed by atoms with Crippen LogP contribution in [0.1, 0.15) is 41.1 Å². The van der Waals surface area contributed by atoms with Crippen molar-refractivity contribution in [2.75, 3.05) is 0 Å². The van der Waals surface area contributed by atoms with Gasteiger partial charge in [0, 0.05) is 0 Å². The molecule has 0 aliphatic carbocycles. The molecule has 0 aliphatic heterocycles. The van der Waals surface area contributed by atoms with E-state index in [2.05, 4.69) is 34.7 Å². The molecular formula is C26H26N2O3. The van der Waals surface area contributed by atoms with Gasteiger partial charge in [0.1, 0.15) is 18.1 Å². The molecule has 1 unspecified atom stereocenters. The molecule has 5 nitrogen and oxygen atoms in total. The van der Waals surface area contributed by atoms with E-state index in [4.69, 9.17) is 9.26 Å². The summed E-state index contributed by atoms with van der Waals surface area (Å²) in [6.45, 7) is 6.20. The number of carbonyl (C=O) groups is 1. The standard InChI is InChI=1S/C26H26N2O3/c1-17(23-10-6-8-21-7-4-5-9-24(21)23)27-26(29)15-20-11-13-22(14-12-20)30-16-25-18(2)28-31-19(25)3/h4-14,17H,15-16H2,1-3H3,(H,27,29). The van der Waals surface area contributed by atoms with E-state index in [1.165, 1.54) is 5.39 Å². The highest BCUT2D eigenvalue weighted by Crippen LogP contribution is 2.24. The molecule has 31 heavy (non-hydrogen) atoms. The Morgan fingerprint density at radius 3 is 2.52 bits per heavy atom. The molecule has 158 valence electrons. The fraction of sp³-hybridized carbons (Fsp3) is 0.231. The summed E-state index contributed by atoms with van der Waals surface area (Å²) in [4.78, 5) is 12.6. The number of ether oxygens (including phenoxy) is 1. The summed E-state index contributed by atoms with van der Waals surface area (Å²) in [5.74, 6) is 1.50. The third kappa shape index (κ3) is 4.77. The lowest BCUT2D eigenvalue weighted by Crippen LogP contribution is -2.28. The number of hydrogen-bond donors (Lipinski definition) is 1. The number of hydrogen-bond acceptors (Lipinski definition) is 4. The van der Waals surface area contributed by atoms with Crippen LogP contribution in [0.4, 0.5) is 0 Å². The van der Waals surface area contributed by atoms with Gasteiger partial charge in [-0.15, -0.1) is 0 Å². The summed E-state index contributed by atoms with van der Waals surface area (Å²) in [6, 6.07) is 21.9. The average molecular weight is 415 g/mol. The number of rotatable bonds is 7. The van der Waals surface area contributed by atoms with E-state index in [9.17, 15) is 4.79 Å². The van der Waals surface area contributed by atoms with Gasteiger partial charge < -0.3 is 14.6 Å². The van der Waals surface area contributed by atoms with Crippen molar-refractivity contribution in [3.05, 3.63) is 94.9 Å². The van der Waals surface area contributed by atoms with Gasteiger partial charge in [-0.1, -0.05) is 59.8 Å². The van der Waals surface area contributed by atoms with Crippen molar-refractivity contribution in [2.24, 2.45) is 0 Å². The first kappa shape index (κ1) is 20.7. The Labute approximate surface area is 182 Å². The maximum absolute atomic E-state index is 12.6. The van der Waals surface area contributed by atoms with E-state index in [0.29, 0.717) is 13.0 Å². The molecule has 1 amide bonds. The van der Waals surface area contributed by atoms with E-state index in [1.807, 2.05) is 63.2 Å². The molecule has 4 aromatic rings. The number of carbonyl (C=O) groups excluding carboxylic acids is 1. The van der Waals surface area contributed by atoms with Crippen molar-refractivity contribution in [3.63, 3.8) is 0 Å². The Kier molecular flexibility index (Phi) is 6.03. The second-order valence-corrected chi connectivity index (χ2v) is 7.77. The number of aryl methyl sites for hydroxylation is 2. The summed E-state index contributed by atoms with van der Waals surface area (Å²) >= 11 is 0. The maximum Gasteiger partial charge on any atom is 0.224 e. The third-order valence-electron chi connectivity index (χ3n) is 5.52. The molecule has 1 N–H and O–H groups in total. The molecule has 1 aromatic heterocycles. The first-order valence-corrected chi connectivity index (χ1v) is 10.4. The van der Waals surface area contributed by atoms with Gasteiger partial charge in [0.2, 0.25) is 5.91 Å². The fourth-order valence-corrected chi connectivity index (χ4v) is 3.75. The fourth-order valence-electron chi connectivity index (χ4n) is 3.75. The van der Waals surface area contributed by atoms with Gasteiger partial charge in [-0.05, 0) is 54.8 Å². The molecule has 0 fully saturated rings. The quantitative estimate of drug-likeness (QED) is 0.437. The highest BCUT2D eigenvalue weighted by Gasteiger charge is 2.13. The zero-order valence-corrected chi connectivity index (χ0v) is 18.0. The van der Waals surface area contributed by atoms with Crippen molar-refractivity contribution < 1.29 is 14.1 Å². The van der Waals surface area contributed by atoms with Crippen LogP contribution in [0.25, 0.3) is 10.8 Å². The number of amides is 1. The number of fused-ring (bicyclic) bond motifs is 1. The van der Waals surface area contributed by atoms with Gasteiger partial charge >= 0.3 is 0 Å². The predicted molar refractivity (Wildman–Crippen MR) is 121 cm³/mol. The van der Waals surface area contributed by atoms with Gasteiger partial charge in [0.05, 0.1) is 23.7 Å². The minimum absolute atomic E-state index is 0.00942. The van der Waals surface area contributed by atoms with Crippen molar-refractivity contribution in [3.8, 4) is 5.75 Å². The molecule has 0 radical (unpaired) electrons. The monoisotopic (exact) mass is 414 g/mol. The maximum atomic E-state index is 12.6. The van der Waals surface area contributed by atoms with Crippen LogP contribution >= 0.6 is 0 Å². The second kappa shape index (κ2) is 9.04. The van der Waals surface area contributed by atoms with E-state index < -0.39 is 0 Å². The Hall–Kier alpha value is -3.60. The molecule has 0 spiro atoms. The third-order valence-corrected chi connectivity index (χ3v) is 5.52. The van der Waals surface area contributed by atoms with Crippen molar-refractivity contribution in [1.29, 1.82) is 0 Å². The molecule has 0 saturated carbocycles. The van der Waals surface area contributed by atoms with E-state index in [1.54, 1.807) is 0 Å². The van der Waals surface area contributed by atoms with E-state index >= 15 is 0 Å². The number of nitrogens with zero attached hydrogens (tertiary/aromatic N) is 1. The molecule has 0 saturated heterocycles. The van der Waals surface area contributed by atoms with Crippen LogP contribution in [0.3, 0.4) is 0 Å². The first-order valence-electron chi connectivity index (χ1n) is 10.4. The summed E-state index contributed by atoms with van der Waals surface area (Å²) < 4.78 is 11.0. The largest absolute Gasteiger partial charge is 0.489 e. The summed E-state index contributed by atoms with van der Waals surface area (Å²) in [6.07, 6.45) is 0.319. The summed E-state index contributed by atoms with van der Waals surface area (Å²) in [7, 11) is 0. The number of benzene rings is 3. The molecule has 1 heterocycles. The Balaban J connectivity index is 1.35. The lowest BCUT2D eigenvalue weighted by Gasteiger charge is -2.17. The van der Waals surface area contributed by atoms with Gasteiger partial charge in [0.25, 0.3) is 0 Å². The minimum atomic E-state index is -0.0729. The van der Waals surface area contributed by atoms with E-state index in [-0.39, 0.29) is 11.9 Å². The lowest BCUT2D eigenvalue weighted by atomic mass is 9.99. The van der Waals surface area contributed by atoms with Crippen LogP contribution in [0.5, 0.6) is 5.75 Å². The molecule has 5 heteroatoms. The topological polar surface area (TPSA) is 64.4 Å². The van der Waals surface area contributed by atoms with Crippen LogP contribution in [-0.2, 0) is 17.8 Å².